The van der Waals surface area contributed by atoms with E-state index in [9.17, 15) is 4.79 Å². The standard InChI is InChI=1S/C12H27N3O/c1-6-7-12(5,13)10(16)14-8-9-15-11(2,3)4/h15H,6-9,13H2,1-5H3,(H,14,16). The third-order valence-corrected chi connectivity index (χ3v) is 2.35. The molecule has 96 valence electrons. The molecule has 0 aromatic carbocycles. The van der Waals surface area contributed by atoms with Crippen LogP contribution in [0.1, 0.15) is 47.5 Å². The number of nitrogens with two attached hydrogens (primary N) is 1. The summed E-state index contributed by atoms with van der Waals surface area (Å²) in [5.74, 6) is -0.0648. The molecular weight excluding hydrogens is 202 g/mol. The Morgan fingerprint density at radius 2 is 1.75 bits per heavy atom. The lowest BCUT2D eigenvalue weighted by Crippen LogP contribution is -2.53. The Morgan fingerprint density at radius 3 is 2.19 bits per heavy atom. The first-order valence-corrected chi connectivity index (χ1v) is 6.01. The molecule has 0 rings (SSSR count). The van der Waals surface area contributed by atoms with Crippen molar-refractivity contribution in [2.75, 3.05) is 13.1 Å². The maximum absolute atomic E-state index is 11.7. The van der Waals surface area contributed by atoms with E-state index in [1.54, 1.807) is 6.92 Å². The average Bonchev–Trinajstić information content (AvgIpc) is 2.10. The predicted octanol–water partition coefficient (Wildman–Crippen LogP) is 1.01. The van der Waals surface area contributed by atoms with Crippen molar-refractivity contribution in [3.8, 4) is 0 Å². The lowest BCUT2D eigenvalue weighted by Gasteiger charge is -2.24. The molecule has 1 amide bonds. The Balaban J connectivity index is 3.82. The first-order chi connectivity index (χ1) is 7.19. The minimum atomic E-state index is -0.740. The van der Waals surface area contributed by atoms with Gasteiger partial charge in [0.1, 0.15) is 0 Å². The SMILES string of the molecule is CCCC(C)(N)C(=O)NCCNC(C)(C)C. The van der Waals surface area contributed by atoms with Gasteiger partial charge in [0.05, 0.1) is 5.54 Å². The van der Waals surface area contributed by atoms with Crippen molar-refractivity contribution in [1.82, 2.24) is 10.6 Å². The molecule has 0 radical (unpaired) electrons. The van der Waals surface area contributed by atoms with Crippen molar-refractivity contribution >= 4 is 5.91 Å². The zero-order chi connectivity index (χ0) is 12.8. The molecule has 16 heavy (non-hydrogen) atoms. The maximum Gasteiger partial charge on any atom is 0.239 e. The van der Waals surface area contributed by atoms with Gasteiger partial charge in [0.25, 0.3) is 0 Å². The van der Waals surface area contributed by atoms with E-state index in [-0.39, 0.29) is 11.4 Å². The van der Waals surface area contributed by atoms with Crippen molar-refractivity contribution in [3.63, 3.8) is 0 Å². The number of rotatable bonds is 6. The predicted molar refractivity (Wildman–Crippen MR) is 68.3 cm³/mol. The summed E-state index contributed by atoms with van der Waals surface area (Å²) in [5, 5.41) is 6.16. The van der Waals surface area contributed by atoms with Crippen LogP contribution in [0.5, 0.6) is 0 Å². The summed E-state index contributed by atoms with van der Waals surface area (Å²) in [7, 11) is 0. The van der Waals surface area contributed by atoms with Crippen molar-refractivity contribution in [3.05, 3.63) is 0 Å². The number of carbonyl (C=O) groups is 1. The third-order valence-electron chi connectivity index (χ3n) is 2.35. The molecule has 0 spiro atoms. The van der Waals surface area contributed by atoms with E-state index in [0.717, 1.165) is 13.0 Å². The number of carbonyl (C=O) groups excluding carboxylic acids is 1. The zero-order valence-corrected chi connectivity index (χ0v) is 11.3. The second-order valence-electron chi connectivity index (χ2n) is 5.60. The molecule has 0 bridgehead atoms. The van der Waals surface area contributed by atoms with E-state index >= 15 is 0 Å². The van der Waals surface area contributed by atoms with E-state index in [1.807, 2.05) is 6.92 Å². The molecular formula is C12H27N3O. The van der Waals surface area contributed by atoms with E-state index in [1.165, 1.54) is 0 Å². The first kappa shape index (κ1) is 15.4. The minimum Gasteiger partial charge on any atom is -0.353 e. The van der Waals surface area contributed by atoms with E-state index < -0.39 is 5.54 Å². The van der Waals surface area contributed by atoms with Crippen LogP contribution in [-0.2, 0) is 4.79 Å². The fraction of sp³-hybridized carbons (Fsp3) is 0.917. The Labute approximate surface area is 99.4 Å². The van der Waals surface area contributed by atoms with Crippen LogP contribution >= 0.6 is 0 Å². The summed E-state index contributed by atoms with van der Waals surface area (Å²) in [6.07, 6.45) is 1.63. The summed E-state index contributed by atoms with van der Waals surface area (Å²) in [6, 6.07) is 0. The van der Waals surface area contributed by atoms with Gasteiger partial charge in [0.15, 0.2) is 0 Å². The quantitative estimate of drug-likeness (QED) is 0.595. The molecule has 0 aromatic rings. The fourth-order valence-electron chi connectivity index (χ4n) is 1.45. The fourth-order valence-corrected chi connectivity index (χ4v) is 1.45. The molecule has 0 aliphatic heterocycles. The van der Waals surface area contributed by atoms with E-state index in [0.29, 0.717) is 13.0 Å². The van der Waals surface area contributed by atoms with E-state index in [4.69, 9.17) is 5.73 Å². The largest absolute Gasteiger partial charge is 0.353 e. The first-order valence-electron chi connectivity index (χ1n) is 6.01. The van der Waals surface area contributed by atoms with Crippen molar-refractivity contribution in [2.24, 2.45) is 5.73 Å². The molecule has 4 heteroatoms. The number of hydrogen-bond acceptors (Lipinski definition) is 3. The normalized spacial score (nSPS) is 15.6. The average molecular weight is 229 g/mol. The van der Waals surface area contributed by atoms with Gasteiger partial charge in [-0.25, -0.2) is 0 Å². The maximum atomic E-state index is 11.7. The van der Waals surface area contributed by atoms with Gasteiger partial charge in [-0.3, -0.25) is 4.79 Å². The Bertz CT molecular complexity index is 219. The number of amides is 1. The molecule has 0 aliphatic rings. The molecule has 1 atom stereocenters. The van der Waals surface area contributed by atoms with Crippen molar-refractivity contribution < 1.29 is 4.79 Å². The van der Waals surface area contributed by atoms with Crippen LogP contribution in [0.2, 0.25) is 0 Å². The Morgan fingerprint density at radius 1 is 1.19 bits per heavy atom. The summed E-state index contributed by atoms with van der Waals surface area (Å²) >= 11 is 0. The highest BCUT2D eigenvalue weighted by atomic mass is 16.2. The van der Waals surface area contributed by atoms with Crippen LogP contribution in [0, 0.1) is 0 Å². The van der Waals surface area contributed by atoms with Gasteiger partial charge in [0, 0.05) is 18.6 Å². The molecule has 4 N–H and O–H groups in total. The van der Waals surface area contributed by atoms with Crippen molar-refractivity contribution in [2.45, 2.75) is 58.5 Å². The molecule has 0 aromatic heterocycles. The Hall–Kier alpha value is -0.610. The highest BCUT2D eigenvalue weighted by molar-refractivity contribution is 5.85. The van der Waals surface area contributed by atoms with Gasteiger partial charge in [0.2, 0.25) is 5.91 Å². The van der Waals surface area contributed by atoms with Gasteiger partial charge in [-0.05, 0) is 34.1 Å². The topological polar surface area (TPSA) is 67.2 Å². The lowest BCUT2D eigenvalue weighted by molar-refractivity contribution is -0.126. The second-order valence-corrected chi connectivity index (χ2v) is 5.60. The van der Waals surface area contributed by atoms with Crippen LogP contribution in [0.3, 0.4) is 0 Å². The van der Waals surface area contributed by atoms with Crippen LogP contribution in [0.4, 0.5) is 0 Å². The number of hydrogen-bond donors (Lipinski definition) is 3. The van der Waals surface area contributed by atoms with Gasteiger partial charge in [-0.1, -0.05) is 13.3 Å². The summed E-state index contributed by atoms with van der Waals surface area (Å²) in [4.78, 5) is 11.7. The summed E-state index contributed by atoms with van der Waals surface area (Å²) in [6.45, 7) is 11.5. The monoisotopic (exact) mass is 229 g/mol. The van der Waals surface area contributed by atoms with Gasteiger partial charge in [-0.2, -0.15) is 0 Å². The molecule has 0 fully saturated rings. The summed E-state index contributed by atoms with van der Waals surface area (Å²) < 4.78 is 0. The summed E-state index contributed by atoms with van der Waals surface area (Å²) in [5.41, 5.74) is 5.25. The van der Waals surface area contributed by atoms with Crippen LogP contribution < -0.4 is 16.4 Å². The molecule has 0 aliphatic carbocycles. The van der Waals surface area contributed by atoms with Crippen LogP contribution in [-0.4, -0.2) is 30.1 Å². The minimum absolute atomic E-state index is 0.0648. The zero-order valence-electron chi connectivity index (χ0n) is 11.3. The van der Waals surface area contributed by atoms with Gasteiger partial charge < -0.3 is 16.4 Å². The third kappa shape index (κ3) is 6.80. The number of nitrogens with one attached hydrogen (secondary N) is 2. The van der Waals surface area contributed by atoms with E-state index in [2.05, 4.69) is 31.4 Å². The van der Waals surface area contributed by atoms with Crippen LogP contribution in [0.25, 0.3) is 0 Å². The van der Waals surface area contributed by atoms with Gasteiger partial charge in [-0.15, -0.1) is 0 Å². The molecule has 4 nitrogen and oxygen atoms in total. The molecule has 0 heterocycles. The van der Waals surface area contributed by atoms with Crippen LogP contribution in [0.15, 0.2) is 0 Å². The Kier molecular flexibility index (Phi) is 5.97. The second kappa shape index (κ2) is 6.21. The lowest BCUT2D eigenvalue weighted by atomic mass is 9.96. The highest BCUT2D eigenvalue weighted by Gasteiger charge is 2.26. The highest BCUT2D eigenvalue weighted by Crippen LogP contribution is 2.07. The molecule has 1 unspecified atom stereocenters. The molecule has 0 saturated heterocycles. The van der Waals surface area contributed by atoms with Gasteiger partial charge >= 0.3 is 0 Å². The molecule has 0 saturated carbocycles. The van der Waals surface area contributed by atoms with Crippen molar-refractivity contribution in [1.29, 1.82) is 0 Å². The smallest absolute Gasteiger partial charge is 0.239 e.